The number of phenolic OH excluding ortho intramolecular Hbond substituents is 3. The maximum Gasteiger partial charge on any atom is 0.118 e. The molecule has 0 atom stereocenters. The van der Waals surface area contributed by atoms with E-state index in [1.807, 2.05) is 54.6 Å². The zero-order valence-corrected chi connectivity index (χ0v) is 33.8. The van der Waals surface area contributed by atoms with Gasteiger partial charge in [-0.15, -0.1) is 0 Å². The Labute approximate surface area is 319 Å². The first kappa shape index (κ1) is 49.4. The number of para-hydroxylation sites is 3. The van der Waals surface area contributed by atoms with Crippen LogP contribution in [0.3, 0.4) is 0 Å². The molecular formula is C45H72O6P-3. The molecule has 3 rings (SSSR count). The molecule has 0 aliphatic carbocycles. The van der Waals surface area contributed by atoms with Crippen LogP contribution in [0.4, 0.5) is 0 Å². The first-order valence-electron chi connectivity index (χ1n) is 20.4. The Hall–Kier alpha value is -2.63. The minimum absolute atomic E-state index is 0.452. The molecule has 0 heterocycles. The molecular weight excluding hydrogens is 667 g/mol. The molecule has 7 heteroatoms. The average Bonchev–Trinajstić information content (AvgIpc) is 3.13. The van der Waals surface area contributed by atoms with Crippen LogP contribution in [0.2, 0.25) is 0 Å². The topological polar surface area (TPSA) is 130 Å². The summed E-state index contributed by atoms with van der Waals surface area (Å²) in [6, 6.07) is 23.0. The minimum atomic E-state index is -3.37. The van der Waals surface area contributed by atoms with Crippen LogP contribution in [0, 0.1) is 0 Å². The summed E-state index contributed by atoms with van der Waals surface area (Å²) >= 11 is 0. The smallest absolute Gasteiger partial charge is 0.118 e. The Morgan fingerprint density at radius 2 is 0.538 bits per heavy atom. The molecule has 0 saturated heterocycles. The third-order valence-electron chi connectivity index (χ3n) is 9.12. The van der Waals surface area contributed by atoms with Crippen LogP contribution < -0.4 is 14.7 Å². The molecule has 0 fully saturated rings. The van der Waals surface area contributed by atoms with Gasteiger partial charge < -0.3 is 38.6 Å². The third kappa shape index (κ3) is 30.9. The van der Waals surface area contributed by atoms with E-state index in [0.29, 0.717) is 17.2 Å². The number of hydrogen-bond donors (Lipinski definition) is 3. The van der Waals surface area contributed by atoms with E-state index in [9.17, 15) is 15.3 Å². The molecule has 3 N–H and O–H groups in total. The first-order valence-corrected chi connectivity index (χ1v) is 21.5. The van der Waals surface area contributed by atoms with Crippen LogP contribution >= 0.6 is 8.60 Å². The highest BCUT2D eigenvalue weighted by Crippen LogP contribution is 2.21. The van der Waals surface area contributed by atoms with Crippen LogP contribution in [0.15, 0.2) is 72.8 Å². The molecule has 0 bridgehead atoms. The van der Waals surface area contributed by atoms with Gasteiger partial charge in [-0.2, -0.15) is 0 Å². The Bertz CT molecular complexity index is 1040. The molecule has 0 amide bonds. The fourth-order valence-electron chi connectivity index (χ4n) is 5.98. The molecule has 52 heavy (non-hydrogen) atoms. The molecule has 6 nitrogen and oxygen atoms in total. The van der Waals surface area contributed by atoms with Crippen molar-refractivity contribution < 1.29 is 30.0 Å². The lowest BCUT2D eigenvalue weighted by Gasteiger charge is -2.39. The number of phenols is 3. The molecule has 3 aromatic carbocycles. The summed E-state index contributed by atoms with van der Waals surface area (Å²) in [4.78, 5) is 25.4. The summed E-state index contributed by atoms with van der Waals surface area (Å²) in [7, 11) is -3.37. The Kier molecular flexibility index (Phi) is 34.9. The van der Waals surface area contributed by atoms with Crippen molar-refractivity contribution in [3.05, 3.63) is 89.5 Å². The van der Waals surface area contributed by atoms with Gasteiger partial charge in [0.1, 0.15) is 17.2 Å². The predicted molar refractivity (Wildman–Crippen MR) is 216 cm³/mol. The summed E-state index contributed by atoms with van der Waals surface area (Å²) in [6.45, 7) is 6.74. The number of rotatable bonds is 24. The average molecular weight is 740 g/mol. The normalized spacial score (nSPS) is 10.4. The van der Waals surface area contributed by atoms with E-state index in [2.05, 4.69) is 20.8 Å². The van der Waals surface area contributed by atoms with Gasteiger partial charge >= 0.3 is 0 Å². The van der Waals surface area contributed by atoms with Gasteiger partial charge in [0, 0.05) is 0 Å². The lowest BCUT2D eigenvalue weighted by Crippen LogP contribution is -2.18. The largest absolute Gasteiger partial charge is 0.854 e. The SMILES string of the molecule is CCCCCCCCCc1ccccc1O.CCCCCCCCCc1ccccc1O.CCCCCCCCCc1ccccc1O.[O-]P([O-])[O-]. The molecule has 0 radical (unpaired) electrons. The van der Waals surface area contributed by atoms with Crippen LogP contribution in [-0.2, 0) is 19.3 Å². The standard InChI is InChI=1S/3C15H24O.O3P/c3*1-2-3-4-5-6-7-8-11-14-12-9-10-13-15(14)16;1-4(2)3/h3*9-10,12-13,16H,2-8,11H2,1H3;/q;;;-3. The zero-order chi connectivity index (χ0) is 38.5. The van der Waals surface area contributed by atoms with E-state index in [1.54, 1.807) is 18.2 Å². The van der Waals surface area contributed by atoms with E-state index in [-0.39, 0.29) is 0 Å². The van der Waals surface area contributed by atoms with Crippen molar-refractivity contribution in [2.75, 3.05) is 0 Å². The highest BCUT2D eigenvalue weighted by atomic mass is 31.2. The number of hydrogen-bond acceptors (Lipinski definition) is 6. The maximum atomic E-state index is 9.58. The molecule has 0 aliphatic heterocycles. The van der Waals surface area contributed by atoms with Gasteiger partial charge in [-0.05, 0) is 73.4 Å². The highest BCUT2D eigenvalue weighted by Gasteiger charge is 2.01. The van der Waals surface area contributed by atoms with E-state index in [1.165, 1.54) is 135 Å². The van der Waals surface area contributed by atoms with Crippen LogP contribution in [0.5, 0.6) is 17.2 Å². The van der Waals surface area contributed by atoms with E-state index in [4.69, 9.17) is 14.7 Å². The maximum absolute atomic E-state index is 9.58. The number of unbranched alkanes of at least 4 members (excludes halogenated alkanes) is 18. The monoisotopic (exact) mass is 740 g/mol. The second kappa shape index (κ2) is 36.7. The van der Waals surface area contributed by atoms with Gasteiger partial charge in [0.15, 0.2) is 0 Å². The first-order chi connectivity index (χ1) is 25.3. The van der Waals surface area contributed by atoms with Gasteiger partial charge in [-0.1, -0.05) is 191 Å². The van der Waals surface area contributed by atoms with Crippen molar-refractivity contribution in [1.82, 2.24) is 0 Å². The summed E-state index contributed by atoms with van der Waals surface area (Å²) in [5.74, 6) is 1.36. The second-order valence-electron chi connectivity index (χ2n) is 13.7. The van der Waals surface area contributed by atoms with Crippen molar-refractivity contribution in [2.24, 2.45) is 0 Å². The summed E-state index contributed by atoms with van der Waals surface area (Å²) in [5, 5.41) is 28.7. The molecule has 0 aliphatic rings. The lowest BCUT2D eigenvalue weighted by molar-refractivity contribution is -0.407. The summed E-state index contributed by atoms with van der Waals surface area (Å²) in [5.41, 5.74) is 3.28. The Morgan fingerprint density at radius 1 is 0.346 bits per heavy atom. The van der Waals surface area contributed by atoms with Crippen LogP contribution in [-0.4, -0.2) is 15.3 Å². The summed E-state index contributed by atoms with van der Waals surface area (Å²) in [6.07, 6.45) is 30.9. The second-order valence-corrected chi connectivity index (χ2v) is 14.2. The van der Waals surface area contributed by atoms with Gasteiger partial charge in [-0.3, -0.25) is 0 Å². The van der Waals surface area contributed by atoms with E-state index in [0.717, 1.165) is 36.0 Å². The predicted octanol–water partition coefficient (Wildman–Crippen LogP) is 11.4. The van der Waals surface area contributed by atoms with Crippen LogP contribution in [0.25, 0.3) is 0 Å². The molecule has 0 spiro atoms. The minimum Gasteiger partial charge on any atom is -0.854 e. The molecule has 3 aromatic rings. The van der Waals surface area contributed by atoms with Crippen molar-refractivity contribution >= 4 is 8.60 Å². The fraction of sp³-hybridized carbons (Fsp3) is 0.600. The summed E-state index contributed by atoms with van der Waals surface area (Å²) < 4.78 is 0. The van der Waals surface area contributed by atoms with Gasteiger partial charge in [0.25, 0.3) is 0 Å². The molecule has 0 unspecified atom stereocenters. The number of aromatic hydroxyl groups is 3. The van der Waals surface area contributed by atoms with Crippen molar-refractivity contribution in [1.29, 1.82) is 0 Å². The number of aryl methyl sites for hydroxylation is 3. The lowest BCUT2D eigenvalue weighted by atomic mass is 10.0. The van der Waals surface area contributed by atoms with Gasteiger partial charge in [0.2, 0.25) is 0 Å². The molecule has 0 saturated carbocycles. The van der Waals surface area contributed by atoms with Gasteiger partial charge in [0.05, 0.1) is 0 Å². The van der Waals surface area contributed by atoms with Crippen molar-refractivity contribution in [3.63, 3.8) is 0 Å². The van der Waals surface area contributed by atoms with E-state index >= 15 is 0 Å². The molecule has 0 aromatic heterocycles. The quantitative estimate of drug-likeness (QED) is 0.0619. The third-order valence-corrected chi connectivity index (χ3v) is 9.12. The number of benzene rings is 3. The van der Waals surface area contributed by atoms with Crippen LogP contribution in [0.1, 0.15) is 172 Å². The van der Waals surface area contributed by atoms with E-state index < -0.39 is 8.60 Å². The van der Waals surface area contributed by atoms with Crippen molar-refractivity contribution in [3.8, 4) is 17.2 Å². The zero-order valence-electron chi connectivity index (χ0n) is 32.9. The van der Waals surface area contributed by atoms with Crippen molar-refractivity contribution in [2.45, 2.75) is 175 Å². The highest BCUT2D eigenvalue weighted by molar-refractivity contribution is 7.33. The fourth-order valence-corrected chi connectivity index (χ4v) is 5.98. The van der Waals surface area contributed by atoms with Gasteiger partial charge in [-0.25, -0.2) is 0 Å². The Morgan fingerprint density at radius 3 is 0.750 bits per heavy atom. The Balaban J connectivity index is 0.000000712. The molecule has 296 valence electrons.